The second kappa shape index (κ2) is 10.9. The standard InChI is InChI=1S/C23H28N4O3S/c1-3-27(15-22(29)25-16-7-6-8-17(13-16)30-2)12-11-21(28)26-23-19(14-24)18-9-4-5-10-20(18)31-23/h6-8,13H,3-5,9-12,15H2,1-2H3,(H,25,29)(H,26,28). The van der Waals surface area contributed by atoms with Gasteiger partial charge in [0.05, 0.1) is 19.2 Å². The summed E-state index contributed by atoms with van der Waals surface area (Å²) >= 11 is 1.53. The molecule has 0 unspecified atom stereocenters. The maximum Gasteiger partial charge on any atom is 0.238 e. The topological polar surface area (TPSA) is 94.5 Å². The molecule has 1 aromatic carbocycles. The molecule has 0 saturated carbocycles. The molecule has 1 aliphatic carbocycles. The van der Waals surface area contributed by atoms with Crippen LogP contribution >= 0.6 is 11.3 Å². The first kappa shape index (κ1) is 22.8. The Bertz CT molecular complexity index is 980. The SMILES string of the molecule is CCN(CCC(=O)Nc1sc2c(c1C#N)CCCC2)CC(=O)Nc1cccc(OC)c1. The minimum atomic E-state index is -0.145. The van der Waals surface area contributed by atoms with E-state index in [1.165, 1.54) is 16.2 Å². The van der Waals surface area contributed by atoms with Gasteiger partial charge >= 0.3 is 0 Å². The molecule has 1 aromatic heterocycles. The smallest absolute Gasteiger partial charge is 0.238 e. The zero-order valence-corrected chi connectivity index (χ0v) is 18.8. The number of aryl methyl sites for hydroxylation is 1. The van der Waals surface area contributed by atoms with Crippen molar-refractivity contribution in [2.75, 3.05) is 37.4 Å². The van der Waals surface area contributed by atoms with Crippen molar-refractivity contribution >= 4 is 33.8 Å². The highest BCUT2D eigenvalue weighted by atomic mass is 32.1. The van der Waals surface area contributed by atoms with E-state index < -0.39 is 0 Å². The molecule has 0 aliphatic heterocycles. The summed E-state index contributed by atoms with van der Waals surface area (Å²) < 4.78 is 5.17. The Labute approximate surface area is 187 Å². The van der Waals surface area contributed by atoms with E-state index in [1.54, 1.807) is 19.2 Å². The van der Waals surface area contributed by atoms with Crippen molar-refractivity contribution in [1.82, 2.24) is 4.90 Å². The first-order chi connectivity index (χ1) is 15.0. The lowest BCUT2D eigenvalue weighted by Crippen LogP contribution is -2.35. The minimum Gasteiger partial charge on any atom is -0.497 e. The van der Waals surface area contributed by atoms with Gasteiger partial charge in [0.15, 0.2) is 0 Å². The number of methoxy groups -OCH3 is 1. The van der Waals surface area contributed by atoms with Crippen LogP contribution in [0.3, 0.4) is 0 Å². The Balaban J connectivity index is 1.51. The van der Waals surface area contributed by atoms with Crippen LogP contribution < -0.4 is 15.4 Å². The number of nitrogens with zero attached hydrogens (tertiary/aromatic N) is 2. The fourth-order valence-electron chi connectivity index (χ4n) is 3.67. The van der Waals surface area contributed by atoms with E-state index in [0.717, 1.165) is 31.2 Å². The van der Waals surface area contributed by atoms with E-state index in [9.17, 15) is 14.9 Å². The van der Waals surface area contributed by atoms with Gasteiger partial charge in [-0.3, -0.25) is 14.5 Å². The molecule has 0 spiro atoms. The molecule has 0 radical (unpaired) electrons. The molecular formula is C23H28N4O3S. The highest BCUT2D eigenvalue weighted by Crippen LogP contribution is 2.37. The summed E-state index contributed by atoms with van der Waals surface area (Å²) in [5, 5.41) is 16.0. The molecule has 31 heavy (non-hydrogen) atoms. The third-order valence-electron chi connectivity index (χ3n) is 5.36. The molecule has 1 heterocycles. The lowest BCUT2D eigenvalue weighted by molar-refractivity contribution is -0.119. The Morgan fingerprint density at radius 2 is 2.03 bits per heavy atom. The summed E-state index contributed by atoms with van der Waals surface area (Å²) in [7, 11) is 1.58. The number of nitrogens with one attached hydrogen (secondary N) is 2. The lowest BCUT2D eigenvalue weighted by Gasteiger charge is -2.19. The number of fused-ring (bicyclic) bond motifs is 1. The van der Waals surface area contributed by atoms with Gasteiger partial charge in [0.25, 0.3) is 0 Å². The molecule has 8 heteroatoms. The number of carbonyl (C=O) groups is 2. The summed E-state index contributed by atoms with van der Waals surface area (Å²) in [6.45, 7) is 3.26. The second-order valence-electron chi connectivity index (χ2n) is 7.47. The molecule has 1 aliphatic rings. The Kier molecular flexibility index (Phi) is 8.04. The molecule has 2 N–H and O–H groups in total. The number of carbonyl (C=O) groups excluding carboxylic acids is 2. The van der Waals surface area contributed by atoms with Gasteiger partial charge in [0, 0.05) is 29.6 Å². The summed E-state index contributed by atoms with van der Waals surface area (Å²) in [4.78, 5) is 28.0. The van der Waals surface area contributed by atoms with Gasteiger partial charge in [-0.05, 0) is 49.9 Å². The lowest BCUT2D eigenvalue weighted by atomic mass is 9.96. The molecule has 0 bridgehead atoms. The zero-order valence-electron chi connectivity index (χ0n) is 18.0. The van der Waals surface area contributed by atoms with Crippen LogP contribution in [0.25, 0.3) is 0 Å². The molecule has 0 fully saturated rings. The van der Waals surface area contributed by atoms with Crippen molar-refractivity contribution in [2.24, 2.45) is 0 Å². The van der Waals surface area contributed by atoms with E-state index in [1.807, 2.05) is 24.0 Å². The number of thiophene rings is 1. The third kappa shape index (κ3) is 6.06. The summed E-state index contributed by atoms with van der Waals surface area (Å²) in [6.07, 6.45) is 4.38. The third-order valence-corrected chi connectivity index (χ3v) is 6.57. The fraction of sp³-hybridized carbons (Fsp3) is 0.435. The minimum absolute atomic E-state index is 0.137. The number of hydrogen-bond acceptors (Lipinski definition) is 6. The van der Waals surface area contributed by atoms with Crippen LogP contribution in [0.4, 0.5) is 10.7 Å². The van der Waals surface area contributed by atoms with Crippen LogP contribution in [0, 0.1) is 11.3 Å². The molecule has 2 aromatic rings. The van der Waals surface area contributed by atoms with Gasteiger partial charge in [0.2, 0.25) is 11.8 Å². The average molecular weight is 441 g/mol. The van der Waals surface area contributed by atoms with Crippen molar-refractivity contribution in [3.8, 4) is 11.8 Å². The first-order valence-corrected chi connectivity index (χ1v) is 11.4. The molecule has 0 atom stereocenters. The normalized spacial score (nSPS) is 12.7. The second-order valence-corrected chi connectivity index (χ2v) is 8.58. The molecule has 3 rings (SSSR count). The first-order valence-electron chi connectivity index (χ1n) is 10.5. The number of ether oxygens (including phenoxy) is 1. The number of anilines is 2. The monoisotopic (exact) mass is 440 g/mol. The van der Waals surface area contributed by atoms with Gasteiger partial charge in [-0.1, -0.05) is 13.0 Å². The Morgan fingerprint density at radius 3 is 2.77 bits per heavy atom. The van der Waals surface area contributed by atoms with E-state index >= 15 is 0 Å². The van der Waals surface area contributed by atoms with Gasteiger partial charge in [-0.15, -0.1) is 11.3 Å². The average Bonchev–Trinajstić information content (AvgIpc) is 3.13. The molecular weight excluding hydrogens is 412 g/mol. The van der Waals surface area contributed by atoms with E-state index in [4.69, 9.17) is 4.74 Å². The maximum absolute atomic E-state index is 12.5. The molecule has 0 saturated heterocycles. The van der Waals surface area contributed by atoms with Crippen molar-refractivity contribution < 1.29 is 14.3 Å². The van der Waals surface area contributed by atoms with E-state index in [2.05, 4.69) is 16.7 Å². The van der Waals surface area contributed by atoms with Crippen LogP contribution in [0.1, 0.15) is 42.2 Å². The Morgan fingerprint density at radius 1 is 1.23 bits per heavy atom. The number of hydrogen-bond donors (Lipinski definition) is 2. The van der Waals surface area contributed by atoms with E-state index in [0.29, 0.717) is 35.1 Å². The van der Waals surface area contributed by atoms with Crippen LogP contribution in [0.15, 0.2) is 24.3 Å². The predicted octanol–water partition coefficient (Wildman–Crippen LogP) is 3.80. The largest absolute Gasteiger partial charge is 0.497 e. The van der Waals surface area contributed by atoms with E-state index in [-0.39, 0.29) is 24.8 Å². The number of likely N-dealkylation sites (N-methyl/N-ethyl adjacent to an activating group) is 1. The van der Waals surface area contributed by atoms with Crippen LogP contribution in [0.2, 0.25) is 0 Å². The van der Waals surface area contributed by atoms with Gasteiger partial charge < -0.3 is 15.4 Å². The number of rotatable bonds is 9. The van der Waals surface area contributed by atoms with Crippen LogP contribution in [0.5, 0.6) is 5.75 Å². The van der Waals surface area contributed by atoms with Crippen LogP contribution in [-0.4, -0.2) is 43.5 Å². The van der Waals surface area contributed by atoms with Gasteiger partial charge in [0.1, 0.15) is 16.8 Å². The highest BCUT2D eigenvalue weighted by Gasteiger charge is 2.22. The van der Waals surface area contributed by atoms with Crippen molar-refractivity contribution in [2.45, 2.75) is 39.0 Å². The van der Waals surface area contributed by atoms with Crippen LogP contribution in [-0.2, 0) is 22.4 Å². The van der Waals surface area contributed by atoms with Crippen molar-refractivity contribution in [1.29, 1.82) is 5.26 Å². The molecule has 7 nitrogen and oxygen atoms in total. The zero-order chi connectivity index (χ0) is 22.2. The molecule has 164 valence electrons. The quantitative estimate of drug-likeness (QED) is 0.619. The van der Waals surface area contributed by atoms with Crippen molar-refractivity contribution in [3.05, 3.63) is 40.3 Å². The summed E-state index contributed by atoms with van der Waals surface area (Å²) in [6, 6.07) is 9.46. The number of benzene rings is 1. The predicted molar refractivity (Wildman–Crippen MR) is 123 cm³/mol. The Hall–Kier alpha value is -2.89. The van der Waals surface area contributed by atoms with Crippen molar-refractivity contribution in [3.63, 3.8) is 0 Å². The number of amides is 2. The van der Waals surface area contributed by atoms with Gasteiger partial charge in [-0.25, -0.2) is 0 Å². The summed E-state index contributed by atoms with van der Waals surface area (Å²) in [5.41, 5.74) is 2.40. The fourth-order valence-corrected chi connectivity index (χ4v) is 4.93. The summed E-state index contributed by atoms with van der Waals surface area (Å²) in [5.74, 6) is 0.392. The highest BCUT2D eigenvalue weighted by molar-refractivity contribution is 7.16. The van der Waals surface area contributed by atoms with Gasteiger partial charge in [-0.2, -0.15) is 5.26 Å². The maximum atomic E-state index is 12.5. The number of nitriles is 1. The molecule has 2 amide bonds.